The molecule has 2 aromatic rings. The smallest absolute Gasteiger partial charge is 0.278 e. The number of quaternary nitrogens is 2. The molecule has 0 radical (unpaired) electrons. The first-order valence-corrected chi connectivity index (χ1v) is 10.9. The molecule has 152 valence electrons. The predicted molar refractivity (Wildman–Crippen MR) is 117 cm³/mol. The zero-order valence-corrected chi connectivity index (χ0v) is 17.5. The minimum atomic E-state index is 0.311. The van der Waals surface area contributed by atoms with E-state index in [4.69, 9.17) is 0 Å². The van der Waals surface area contributed by atoms with Crippen molar-refractivity contribution in [2.45, 2.75) is 19.9 Å². The molecule has 2 N–H and O–H groups in total. The van der Waals surface area contributed by atoms with Crippen molar-refractivity contribution in [2.75, 3.05) is 45.8 Å². The van der Waals surface area contributed by atoms with Crippen molar-refractivity contribution in [2.24, 2.45) is 0 Å². The van der Waals surface area contributed by atoms with Crippen LogP contribution >= 0.6 is 0 Å². The summed E-state index contributed by atoms with van der Waals surface area (Å²) < 4.78 is 0. The van der Waals surface area contributed by atoms with E-state index in [0.717, 1.165) is 52.2 Å². The third-order valence-electron chi connectivity index (χ3n) is 6.47. The van der Waals surface area contributed by atoms with Crippen LogP contribution in [0.4, 0.5) is 0 Å². The molecule has 0 spiro atoms. The minimum absolute atomic E-state index is 0.311. The summed E-state index contributed by atoms with van der Waals surface area (Å²) in [5, 5.41) is 0. The molecule has 0 unspecified atom stereocenters. The number of nitrogens with zero attached hydrogens (tertiary/aromatic N) is 1. The number of rotatable bonds is 5. The van der Waals surface area contributed by atoms with Crippen LogP contribution in [0.5, 0.6) is 0 Å². The molecule has 29 heavy (non-hydrogen) atoms. The number of benzene rings is 2. The van der Waals surface area contributed by atoms with Crippen molar-refractivity contribution in [3.8, 4) is 0 Å². The summed E-state index contributed by atoms with van der Waals surface area (Å²) in [4.78, 5) is 17.9. The van der Waals surface area contributed by atoms with Crippen molar-refractivity contribution in [3.63, 3.8) is 0 Å². The quantitative estimate of drug-likeness (QED) is 0.768. The molecule has 0 atom stereocenters. The van der Waals surface area contributed by atoms with Gasteiger partial charge >= 0.3 is 0 Å². The van der Waals surface area contributed by atoms with Gasteiger partial charge in [-0.15, -0.1) is 0 Å². The predicted octanol–water partition coefficient (Wildman–Crippen LogP) is 0.594. The summed E-state index contributed by atoms with van der Waals surface area (Å²) in [5.74, 6) is 0.311. The number of hydrogen-bond acceptors (Lipinski definition) is 1. The van der Waals surface area contributed by atoms with E-state index in [0.29, 0.717) is 12.5 Å². The maximum absolute atomic E-state index is 12.8. The number of hydrogen-bond donors (Lipinski definition) is 2. The highest BCUT2D eigenvalue weighted by molar-refractivity contribution is 5.79. The Kier molecular flexibility index (Phi) is 6.43. The Morgan fingerprint density at radius 2 is 1.62 bits per heavy atom. The van der Waals surface area contributed by atoms with Gasteiger partial charge in [0.2, 0.25) is 0 Å². The summed E-state index contributed by atoms with van der Waals surface area (Å²) in [5.41, 5.74) is 5.50. The van der Waals surface area contributed by atoms with Gasteiger partial charge in [0.05, 0.1) is 0 Å². The van der Waals surface area contributed by atoms with E-state index in [1.165, 1.54) is 27.2 Å². The fourth-order valence-corrected chi connectivity index (χ4v) is 4.52. The Balaban J connectivity index is 1.23. The van der Waals surface area contributed by atoms with Gasteiger partial charge in [-0.3, -0.25) is 4.79 Å². The Morgan fingerprint density at radius 1 is 0.931 bits per heavy atom. The minimum Gasteiger partial charge on any atom is -0.334 e. The lowest BCUT2D eigenvalue weighted by Crippen LogP contribution is -3.28. The largest absolute Gasteiger partial charge is 0.334 e. The SMILES string of the molecule is Cc1ccccc1C[NH+]1CC[NH+](CC(=O)N2CC=C(c3ccccc3)CC2)CC1. The van der Waals surface area contributed by atoms with Crippen molar-refractivity contribution in [1.29, 1.82) is 0 Å². The second kappa shape index (κ2) is 9.38. The highest BCUT2D eigenvalue weighted by atomic mass is 16.2. The van der Waals surface area contributed by atoms with Crippen LogP contribution in [0, 0.1) is 6.92 Å². The van der Waals surface area contributed by atoms with Crippen LogP contribution in [0.15, 0.2) is 60.7 Å². The van der Waals surface area contributed by atoms with Gasteiger partial charge in [0.15, 0.2) is 6.54 Å². The number of piperazine rings is 1. The summed E-state index contributed by atoms with van der Waals surface area (Å²) in [6, 6.07) is 19.2. The van der Waals surface area contributed by atoms with Gasteiger partial charge < -0.3 is 14.7 Å². The molecule has 4 heteroatoms. The summed E-state index contributed by atoms with van der Waals surface area (Å²) in [6.07, 6.45) is 3.19. The standard InChI is InChI=1S/C25H31N3O/c1-21-7-5-6-10-24(21)19-26-15-17-27(18-16-26)20-25(29)28-13-11-23(12-14-28)22-8-3-2-4-9-22/h2-11H,12-20H2,1H3/p+2. The van der Waals surface area contributed by atoms with Crippen LogP contribution in [0.2, 0.25) is 0 Å². The maximum atomic E-state index is 12.8. The fraction of sp³-hybridized carbons (Fsp3) is 0.400. The Bertz CT molecular complexity index is 853. The molecule has 0 aromatic heterocycles. The van der Waals surface area contributed by atoms with Crippen LogP contribution in [0.1, 0.15) is 23.1 Å². The van der Waals surface area contributed by atoms with Crippen molar-refractivity contribution >= 4 is 11.5 Å². The molecule has 1 amide bonds. The van der Waals surface area contributed by atoms with E-state index in [1.807, 2.05) is 11.0 Å². The average molecular weight is 392 g/mol. The van der Waals surface area contributed by atoms with Crippen LogP contribution in [-0.4, -0.2) is 56.6 Å². The molecule has 1 saturated heterocycles. The third kappa shape index (κ3) is 5.14. The summed E-state index contributed by atoms with van der Waals surface area (Å²) in [7, 11) is 0. The van der Waals surface area contributed by atoms with Gasteiger partial charge in [-0.05, 0) is 30.0 Å². The fourth-order valence-electron chi connectivity index (χ4n) is 4.52. The normalized spacial score (nSPS) is 22.2. The lowest BCUT2D eigenvalue weighted by molar-refractivity contribution is -1.02. The van der Waals surface area contributed by atoms with Crippen LogP contribution in [-0.2, 0) is 11.3 Å². The molecule has 2 aromatic carbocycles. The molecular formula is C25H33N3O+2. The molecule has 2 aliphatic rings. The van der Waals surface area contributed by atoms with Crippen molar-refractivity contribution < 1.29 is 14.6 Å². The third-order valence-corrected chi connectivity index (χ3v) is 6.47. The topological polar surface area (TPSA) is 29.2 Å². The first-order chi connectivity index (χ1) is 14.2. The zero-order valence-electron chi connectivity index (χ0n) is 17.5. The Hall–Kier alpha value is -2.43. The van der Waals surface area contributed by atoms with E-state index < -0.39 is 0 Å². The average Bonchev–Trinajstić information content (AvgIpc) is 2.77. The van der Waals surface area contributed by atoms with Gasteiger partial charge in [0.1, 0.15) is 32.7 Å². The van der Waals surface area contributed by atoms with E-state index in [2.05, 4.69) is 61.5 Å². The van der Waals surface area contributed by atoms with E-state index in [1.54, 1.807) is 4.90 Å². The van der Waals surface area contributed by atoms with E-state index in [-0.39, 0.29) is 0 Å². The molecule has 0 bridgehead atoms. The lowest BCUT2D eigenvalue weighted by atomic mass is 9.99. The highest BCUT2D eigenvalue weighted by Crippen LogP contribution is 2.21. The van der Waals surface area contributed by atoms with Gasteiger partial charge in [-0.25, -0.2) is 0 Å². The second-order valence-electron chi connectivity index (χ2n) is 8.47. The summed E-state index contributed by atoms with van der Waals surface area (Å²) >= 11 is 0. The molecule has 1 fully saturated rings. The lowest BCUT2D eigenvalue weighted by Gasteiger charge is -2.32. The summed E-state index contributed by atoms with van der Waals surface area (Å²) in [6.45, 7) is 10.0. The molecule has 2 aliphatic heterocycles. The Morgan fingerprint density at radius 3 is 2.31 bits per heavy atom. The molecule has 4 nitrogen and oxygen atoms in total. The first-order valence-electron chi connectivity index (χ1n) is 10.9. The number of aryl methyl sites for hydroxylation is 1. The van der Waals surface area contributed by atoms with Crippen molar-refractivity contribution in [3.05, 3.63) is 77.4 Å². The number of amides is 1. The highest BCUT2D eigenvalue weighted by Gasteiger charge is 2.27. The number of carbonyl (C=O) groups is 1. The zero-order chi connectivity index (χ0) is 20.1. The van der Waals surface area contributed by atoms with Gasteiger partial charge in [-0.2, -0.15) is 0 Å². The molecule has 0 aliphatic carbocycles. The van der Waals surface area contributed by atoms with Crippen LogP contribution in [0.25, 0.3) is 5.57 Å². The van der Waals surface area contributed by atoms with Crippen molar-refractivity contribution in [1.82, 2.24) is 4.90 Å². The number of nitrogens with one attached hydrogen (secondary N) is 2. The molecule has 0 saturated carbocycles. The molecule has 4 rings (SSSR count). The van der Waals surface area contributed by atoms with Gasteiger partial charge in [-0.1, -0.05) is 60.7 Å². The maximum Gasteiger partial charge on any atom is 0.278 e. The first kappa shape index (κ1) is 19.9. The van der Waals surface area contributed by atoms with E-state index in [9.17, 15) is 4.79 Å². The Labute approximate surface area is 174 Å². The van der Waals surface area contributed by atoms with Gasteiger partial charge in [0, 0.05) is 18.7 Å². The van der Waals surface area contributed by atoms with Gasteiger partial charge in [0.25, 0.3) is 5.91 Å². The number of carbonyl (C=O) groups excluding carboxylic acids is 1. The van der Waals surface area contributed by atoms with Crippen LogP contribution < -0.4 is 9.80 Å². The molecular weight excluding hydrogens is 358 g/mol. The molecule has 2 heterocycles. The van der Waals surface area contributed by atoms with Crippen LogP contribution in [0.3, 0.4) is 0 Å². The second-order valence-corrected chi connectivity index (χ2v) is 8.47. The monoisotopic (exact) mass is 391 g/mol. The van der Waals surface area contributed by atoms with E-state index >= 15 is 0 Å².